The quantitative estimate of drug-likeness (QED) is 0.0756. The highest BCUT2D eigenvalue weighted by Gasteiger charge is 2.15. The van der Waals surface area contributed by atoms with Crippen molar-refractivity contribution < 1.29 is 0 Å². The Morgan fingerprint density at radius 2 is 0.648 bits per heavy atom. The molecule has 7 aromatic rings. The van der Waals surface area contributed by atoms with Gasteiger partial charge in [-0.25, -0.2) is 0 Å². The molecule has 0 saturated carbocycles. The number of fused-ring (bicyclic) bond motifs is 4. The van der Waals surface area contributed by atoms with E-state index in [-0.39, 0.29) is 0 Å². The molecule has 0 atom stereocenters. The molecule has 0 saturated heterocycles. The molecule has 0 amide bonds. The molecule has 7 rings (SSSR count). The maximum absolute atomic E-state index is 3.79. The third-order valence-corrected chi connectivity index (χ3v) is 11.3. The fraction of sp³-hybridized carbons (Fsp3) is 0.296. The van der Waals surface area contributed by atoms with Crippen LogP contribution >= 0.6 is 0 Å². The molecular formula is C54H54. The van der Waals surface area contributed by atoms with E-state index in [1.165, 1.54) is 106 Å². The highest BCUT2D eigenvalue weighted by atomic mass is 14.2. The Hall–Kier alpha value is -5.30. The molecule has 0 aromatic heterocycles. The summed E-state index contributed by atoms with van der Waals surface area (Å²) >= 11 is 0. The zero-order valence-electron chi connectivity index (χ0n) is 33.3. The number of unbranched alkanes of at least 4 members (excludes halogenated alkanes) is 6. The minimum atomic E-state index is 1.07. The van der Waals surface area contributed by atoms with Gasteiger partial charge in [-0.3, -0.25) is 0 Å². The monoisotopic (exact) mass is 702 g/mol. The van der Waals surface area contributed by atoms with Gasteiger partial charge in [-0.1, -0.05) is 149 Å². The van der Waals surface area contributed by atoms with Crippen LogP contribution in [0.3, 0.4) is 0 Å². The summed E-state index contributed by atoms with van der Waals surface area (Å²) in [6, 6.07) is 36.2. The molecule has 0 aliphatic rings. The lowest BCUT2D eigenvalue weighted by Crippen LogP contribution is -1.96. The maximum Gasteiger partial charge on any atom is 0.0407 e. The number of aryl methyl sites for hydroxylation is 6. The van der Waals surface area contributed by atoms with E-state index in [0.717, 1.165) is 56.6 Å². The first-order valence-corrected chi connectivity index (χ1v) is 20.4. The van der Waals surface area contributed by atoms with Crippen LogP contribution in [0.25, 0.3) is 43.1 Å². The third kappa shape index (κ3) is 7.96. The molecule has 0 radical (unpaired) electrons. The lowest BCUT2D eigenvalue weighted by molar-refractivity contribution is 0.666. The van der Waals surface area contributed by atoms with Crippen LogP contribution in [0.5, 0.6) is 0 Å². The van der Waals surface area contributed by atoms with E-state index >= 15 is 0 Å². The van der Waals surface area contributed by atoms with E-state index in [4.69, 9.17) is 0 Å². The van der Waals surface area contributed by atoms with Crippen molar-refractivity contribution in [3.05, 3.63) is 153 Å². The Morgan fingerprint density at radius 1 is 0.352 bits per heavy atom. The number of hydrogen-bond donors (Lipinski definition) is 0. The van der Waals surface area contributed by atoms with Crippen molar-refractivity contribution in [2.24, 2.45) is 0 Å². The highest BCUT2D eigenvalue weighted by Crippen LogP contribution is 2.37. The molecule has 0 aliphatic carbocycles. The smallest absolute Gasteiger partial charge is 0.0407 e. The maximum atomic E-state index is 3.79. The molecule has 0 spiro atoms. The van der Waals surface area contributed by atoms with Crippen LogP contribution in [-0.2, 0) is 12.8 Å². The van der Waals surface area contributed by atoms with Gasteiger partial charge >= 0.3 is 0 Å². The van der Waals surface area contributed by atoms with Crippen molar-refractivity contribution in [3.8, 4) is 23.7 Å². The molecule has 7 aromatic carbocycles. The van der Waals surface area contributed by atoms with Crippen LogP contribution < -0.4 is 0 Å². The van der Waals surface area contributed by atoms with Gasteiger partial charge in [0.15, 0.2) is 0 Å². The van der Waals surface area contributed by atoms with Crippen LogP contribution in [0, 0.1) is 51.4 Å². The van der Waals surface area contributed by atoms with E-state index in [1.54, 1.807) is 0 Å². The summed E-state index contributed by atoms with van der Waals surface area (Å²) in [6.07, 6.45) is 12.5. The summed E-state index contributed by atoms with van der Waals surface area (Å²) in [5.41, 5.74) is 12.3. The number of rotatable bonds is 10. The van der Waals surface area contributed by atoms with Gasteiger partial charge < -0.3 is 0 Å². The van der Waals surface area contributed by atoms with Gasteiger partial charge in [0.1, 0.15) is 0 Å². The molecule has 54 heavy (non-hydrogen) atoms. The SMILES string of the molecule is CCCCCCc1cc(C)c(C#Cc2c3cc4ccccc4cc3c(C#Cc3c(C)cc(CCCCCC)cc3C)c3cc4ccccc4cc23)c(C)c1. The lowest BCUT2D eigenvalue weighted by atomic mass is 9.88. The Labute approximate surface area is 324 Å². The van der Waals surface area contributed by atoms with Gasteiger partial charge in [-0.05, 0) is 154 Å². The van der Waals surface area contributed by atoms with Gasteiger partial charge in [-0.15, -0.1) is 0 Å². The second-order valence-corrected chi connectivity index (χ2v) is 15.6. The van der Waals surface area contributed by atoms with Crippen LogP contribution in [0.1, 0.15) is 121 Å². The molecule has 0 heterocycles. The first-order chi connectivity index (χ1) is 26.3. The van der Waals surface area contributed by atoms with Crippen molar-refractivity contribution in [1.82, 2.24) is 0 Å². The lowest BCUT2D eigenvalue weighted by Gasteiger charge is -2.14. The van der Waals surface area contributed by atoms with E-state index in [9.17, 15) is 0 Å². The Balaban J connectivity index is 1.43. The Bertz CT molecular complexity index is 2300. The van der Waals surface area contributed by atoms with Crippen LogP contribution in [0.2, 0.25) is 0 Å². The fourth-order valence-corrected chi connectivity index (χ4v) is 8.42. The molecular weight excluding hydrogens is 649 g/mol. The molecule has 270 valence electrons. The second kappa shape index (κ2) is 16.8. The molecule has 0 aliphatic heterocycles. The van der Waals surface area contributed by atoms with Crippen LogP contribution in [0.4, 0.5) is 0 Å². The molecule has 0 fully saturated rings. The van der Waals surface area contributed by atoms with Crippen molar-refractivity contribution in [3.63, 3.8) is 0 Å². The van der Waals surface area contributed by atoms with Crippen molar-refractivity contribution in [2.45, 2.75) is 106 Å². The van der Waals surface area contributed by atoms with E-state index in [0.29, 0.717) is 0 Å². The standard InChI is InChI=1S/C54H54/c1-7-9-11-13-19-41-29-37(3)47(38(4)30-41)25-27-49-51-33-43-21-15-17-23-45(43)35-53(51)50(54-36-46-24-18-16-22-44(46)34-52(49)54)28-26-48-39(5)31-42(32-40(48)6)20-14-12-10-8-2/h15-18,21-24,29-36H,7-14,19-20H2,1-6H3. The van der Waals surface area contributed by atoms with Gasteiger partial charge in [0.2, 0.25) is 0 Å². The molecule has 0 nitrogen and oxygen atoms in total. The van der Waals surface area contributed by atoms with Gasteiger partial charge in [0, 0.05) is 22.3 Å². The minimum absolute atomic E-state index is 1.07. The Morgan fingerprint density at radius 3 is 0.944 bits per heavy atom. The molecule has 0 N–H and O–H groups in total. The van der Waals surface area contributed by atoms with Crippen molar-refractivity contribution in [1.29, 1.82) is 0 Å². The zero-order chi connectivity index (χ0) is 37.6. The second-order valence-electron chi connectivity index (χ2n) is 15.6. The summed E-state index contributed by atoms with van der Waals surface area (Å²) in [6.45, 7) is 13.5. The van der Waals surface area contributed by atoms with Gasteiger partial charge in [0.25, 0.3) is 0 Å². The number of hydrogen-bond acceptors (Lipinski definition) is 0. The third-order valence-electron chi connectivity index (χ3n) is 11.3. The average molecular weight is 703 g/mol. The first kappa shape index (κ1) is 37.0. The molecule has 0 bridgehead atoms. The van der Waals surface area contributed by atoms with Crippen molar-refractivity contribution >= 4 is 43.1 Å². The fourth-order valence-electron chi connectivity index (χ4n) is 8.42. The summed E-state index contributed by atoms with van der Waals surface area (Å²) in [5.74, 6) is 15.0. The van der Waals surface area contributed by atoms with Gasteiger partial charge in [0.05, 0.1) is 0 Å². The number of benzene rings is 7. The van der Waals surface area contributed by atoms with Crippen molar-refractivity contribution in [2.75, 3.05) is 0 Å². The largest absolute Gasteiger partial charge is 0.0654 e. The van der Waals surface area contributed by atoms with Crippen LogP contribution in [0.15, 0.2) is 97.1 Å². The van der Waals surface area contributed by atoms with Gasteiger partial charge in [-0.2, -0.15) is 0 Å². The molecule has 0 unspecified atom stereocenters. The van der Waals surface area contributed by atoms with E-state index in [1.807, 2.05) is 0 Å². The van der Waals surface area contributed by atoms with E-state index < -0.39 is 0 Å². The Kier molecular flexibility index (Phi) is 11.5. The summed E-state index contributed by atoms with van der Waals surface area (Å²) in [5, 5.41) is 9.50. The predicted octanol–water partition coefficient (Wildman–Crippen LogP) is 14.6. The topological polar surface area (TPSA) is 0 Å². The normalized spacial score (nSPS) is 11.2. The summed E-state index contributed by atoms with van der Waals surface area (Å²) in [7, 11) is 0. The zero-order valence-corrected chi connectivity index (χ0v) is 33.3. The summed E-state index contributed by atoms with van der Waals surface area (Å²) in [4.78, 5) is 0. The average Bonchev–Trinajstić information content (AvgIpc) is 3.16. The molecule has 0 heteroatoms. The highest BCUT2D eigenvalue weighted by molar-refractivity contribution is 6.16. The van der Waals surface area contributed by atoms with Crippen LogP contribution in [-0.4, -0.2) is 0 Å². The first-order valence-electron chi connectivity index (χ1n) is 20.4. The summed E-state index contributed by atoms with van der Waals surface area (Å²) < 4.78 is 0. The minimum Gasteiger partial charge on any atom is -0.0654 e. The van der Waals surface area contributed by atoms with E-state index in [2.05, 4.69) is 162 Å². The predicted molar refractivity (Wildman–Crippen MR) is 236 cm³/mol.